The molecule has 1 unspecified atom stereocenters. The van der Waals surface area contributed by atoms with Crippen molar-refractivity contribution in [3.05, 3.63) is 58.1 Å². The fourth-order valence-corrected chi connectivity index (χ4v) is 2.94. The topological polar surface area (TPSA) is 59.6 Å². The van der Waals surface area contributed by atoms with E-state index in [1.54, 1.807) is 0 Å². The molecule has 5 nitrogen and oxygen atoms in total. The minimum Gasteiger partial charge on any atom is -0.494 e. The molecule has 0 fully saturated rings. The molecule has 0 spiro atoms. The Bertz CT molecular complexity index is 802. The van der Waals surface area contributed by atoms with Crippen LogP contribution < -0.4 is 20.1 Å². The molecule has 1 atom stereocenters. The van der Waals surface area contributed by atoms with Crippen molar-refractivity contribution >= 4 is 6.03 Å². The van der Waals surface area contributed by atoms with Gasteiger partial charge in [0, 0.05) is 5.56 Å². The molecule has 2 aromatic rings. The summed E-state index contributed by atoms with van der Waals surface area (Å²) in [5, 5.41) is 5.70. The zero-order valence-corrected chi connectivity index (χ0v) is 17.1. The van der Waals surface area contributed by atoms with Gasteiger partial charge < -0.3 is 20.1 Å². The van der Waals surface area contributed by atoms with Crippen LogP contribution in [0.1, 0.15) is 47.7 Å². The molecular formula is C22H30N2O3. The minimum absolute atomic E-state index is 0.107. The summed E-state index contributed by atoms with van der Waals surface area (Å²) in [4.78, 5) is 12.3. The third-order valence-electron chi connectivity index (χ3n) is 4.60. The average molecular weight is 370 g/mol. The van der Waals surface area contributed by atoms with Gasteiger partial charge in [0.15, 0.2) is 6.73 Å². The van der Waals surface area contributed by atoms with E-state index in [2.05, 4.69) is 16.7 Å². The first-order chi connectivity index (χ1) is 12.8. The van der Waals surface area contributed by atoms with Crippen LogP contribution in [0.25, 0.3) is 0 Å². The predicted octanol–water partition coefficient (Wildman–Crippen LogP) is 4.72. The molecule has 5 heteroatoms. The quantitative estimate of drug-likeness (QED) is 0.694. The highest BCUT2D eigenvalue weighted by atomic mass is 16.5. The SMILES string of the molecule is CCOc1ccc(C)cc1C(C)NC(=O)NCOc1c(C)ccc(C)c1C. The average Bonchev–Trinajstić information content (AvgIpc) is 2.63. The highest BCUT2D eigenvalue weighted by Gasteiger charge is 2.15. The van der Waals surface area contributed by atoms with E-state index in [9.17, 15) is 4.79 Å². The van der Waals surface area contributed by atoms with Crippen LogP contribution in [0.4, 0.5) is 4.79 Å². The first kappa shape index (κ1) is 20.6. The molecule has 0 aliphatic rings. The Morgan fingerprint density at radius 3 is 2.44 bits per heavy atom. The van der Waals surface area contributed by atoms with Crippen LogP contribution >= 0.6 is 0 Å². The zero-order chi connectivity index (χ0) is 20.0. The van der Waals surface area contributed by atoms with Crippen LogP contribution in [0, 0.1) is 27.7 Å². The molecule has 0 heterocycles. The van der Waals surface area contributed by atoms with Gasteiger partial charge in [-0.2, -0.15) is 0 Å². The molecule has 0 radical (unpaired) electrons. The van der Waals surface area contributed by atoms with Crippen molar-refractivity contribution in [2.24, 2.45) is 0 Å². The van der Waals surface area contributed by atoms with E-state index < -0.39 is 0 Å². The number of rotatable bonds is 7. The van der Waals surface area contributed by atoms with Gasteiger partial charge in [0.2, 0.25) is 0 Å². The molecular weight excluding hydrogens is 340 g/mol. The number of hydrogen-bond acceptors (Lipinski definition) is 3. The summed E-state index contributed by atoms with van der Waals surface area (Å²) in [5.74, 6) is 1.61. The van der Waals surface area contributed by atoms with Gasteiger partial charge in [-0.1, -0.05) is 29.8 Å². The predicted molar refractivity (Wildman–Crippen MR) is 109 cm³/mol. The monoisotopic (exact) mass is 370 g/mol. The number of nitrogens with one attached hydrogen (secondary N) is 2. The third kappa shape index (κ3) is 5.39. The highest BCUT2D eigenvalue weighted by Crippen LogP contribution is 2.27. The number of aryl methyl sites for hydroxylation is 3. The van der Waals surface area contributed by atoms with Crippen LogP contribution in [0.3, 0.4) is 0 Å². The van der Waals surface area contributed by atoms with E-state index in [0.29, 0.717) is 6.61 Å². The molecule has 0 aliphatic carbocycles. The lowest BCUT2D eigenvalue weighted by molar-refractivity contribution is 0.220. The molecule has 2 aromatic carbocycles. The summed E-state index contributed by atoms with van der Waals surface area (Å²) in [7, 11) is 0. The minimum atomic E-state index is -0.283. The summed E-state index contributed by atoms with van der Waals surface area (Å²) < 4.78 is 11.5. The first-order valence-corrected chi connectivity index (χ1v) is 9.30. The Morgan fingerprint density at radius 1 is 1.04 bits per heavy atom. The number of benzene rings is 2. The number of carbonyl (C=O) groups is 1. The molecule has 146 valence electrons. The molecule has 27 heavy (non-hydrogen) atoms. The molecule has 0 saturated carbocycles. The Hall–Kier alpha value is -2.69. The van der Waals surface area contributed by atoms with E-state index in [1.165, 1.54) is 0 Å². The van der Waals surface area contributed by atoms with Crippen molar-refractivity contribution < 1.29 is 14.3 Å². The summed E-state index contributed by atoms with van der Waals surface area (Å²) in [6, 6.07) is 9.59. The second-order valence-corrected chi connectivity index (χ2v) is 6.79. The Labute approximate surface area is 162 Å². The first-order valence-electron chi connectivity index (χ1n) is 9.30. The number of urea groups is 1. The largest absolute Gasteiger partial charge is 0.494 e. The van der Waals surface area contributed by atoms with Gasteiger partial charge in [0.1, 0.15) is 11.5 Å². The maximum atomic E-state index is 12.3. The summed E-state index contributed by atoms with van der Waals surface area (Å²) in [6.45, 7) is 12.7. The molecule has 2 N–H and O–H groups in total. The molecule has 0 aliphatic heterocycles. The maximum Gasteiger partial charge on any atom is 0.317 e. The van der Waals surface area contributed by atoms with E-state index in [1.807, 2.05) is 65.8 Å². The lowest BCUT2D eigenvalue weighted by atomic mass is 10.0. The van der Waals surface area contributed by atoms with Crippen LogP contribution in [-0.4, -0.2) is 19.4 Å². The summed E-state index contributed by atoms with van der Waals surface area (Å²) in [5.41, 5.74) is 5.38. The highest BCUT2D eigenvalue weighted by molar-refractivity contribution is 5.74. The van der Waals surface area contributed by atoms with Crippen molar-refractivity contribution in [2.75, 3.05) is 13.3 Å². The van der Waals surface area contributed by atoms with Gasteiger partial charge in [0.05, 0.1) is 12.6 Å². The number of amides is 2. The second-order valence-electron chi connectivity index (χ2n) is 6.79. The normalized spacial score (nSPS) is 11.6. The van der Waals surface area contributed by atoms with Gasteiger partial charge in [-0.05, 0) is 64.3 Å². The van der Waals surface area contributed by atoms with Crippen LogP contribution in [0.2, 0.25) is 0 Å². The lowest BCUT2D eigenvalue weighted by Crippen LogP contribution is -2.39. The van der Waals surface area contributed by atoms with E-state index >= 15 is 0 Å². The van der Waals surface area contributed by atoms with E-state index in [0.717, 1.165) is 39.3 Å². The van der Waals surface area contributed by atoms with Gasteiger partial charge in [-0.25, -0.2) is 4.79 Å². The van der Waals surface area contributed by atoms with Crippen molar-refractivity contribution in [1.82, 2.24) is 10.6 Å². The number of hydrogen-bond donors (Lipinski definition) is 2. The smallest absolute Gasteiger partial charge is 0.317 e. The van der Waals surface area contributed by atoms with Crippen molar-refractivity contribution in [1.29, 1.82) is 0 Å². The van der Waals surface area contributed by atoms with E-state index in [-0.39, 0.29) is 18.8 Å². The fraction of sp³-hybridized carbons (Fsp3) is 0.409. The molecule has 0 bridgehead atoms. The number of ether oxygens (including phenoxy) is 2. The summed E-state index contributed by atoms with van der Waals surface area (Å²) >= 11 is 0. The van der Waals surface area contributed by atoms with Crippen LogP contribution in [0.5, 0.6) is 11.5 Å². The second kappa shape index (κ2) is 9.31. The molecule has 2 amide bonds. The van der Waals surface area contributed by atoms with Crippen LogP contribution in [-0.2, 0) is 0 Å². The Kier molecular flexibility index (Phi) is 7.11. The lowest BCUT2D eigenvalue weighted by Gasteiger charge is -2.19. The molecule has 0 saturated heterocycles. The summed E-state index contributed by atoms with van der Waals surface area (Å²) in [6.07, 6.45) is 0. The fourth-order valence-electron chi connectivity index (χ4n) is 2.94. The van der Waals surface area contributed by atoms with Gasteiger partial charge in [-0.15, -0.1) is 0 Å². The van der Waals surface area contributed by atoms with Crippen molar-refractivity contribution in [3.8, 4) is 11.5 Å². The van der Waals surface area contributed by atoms with Crippen molar-refractivity contribution in [2.45, 2.75) is 47.6 Å². The Balaban J connectivity index is 1.95. The van der Waals surface area contributed by atoms with E-state index in [4.69, 9.17) is 9.47 Å². The van der Waals surface area contributed by atoms with Crippen molar-refractivity contribution in [3.63, 3.8) is 0 Å². The van der Waals surface area contributed by atoms with Crippen LogP contribution in [0.15, 0.2) is 30.3 Å². The molecule has 0 aromatic heterocycles. The molecule has 2 rings (SSSR count). The maximum absolute atomic E-state index is 12.3. The Morgan fingerprint density at radius 2 is 1.74 bits per heavy atom. The standard InChI is InChI=1S/C22H30N2O3/c1-7-26-20-11-8-14(2)12-19(20)18(6)24-22(25)23-13-27-21-16(4)10-9-15(3)17(21)5/h8-12,18H,7,13H2,1-6H3,(H2,23,24,25). The van der Waals surface area contributed by atoms with Gasteiger partial charge >= 0.3 is 6.03 Å². The third-order valence-corrected chi connectivity index (χ3v) is 4.60. The zero-order valence-electron chi connectivity index (χ0n) is 17.1. The van der Waals surface area contributed by atoms with Gasteiger partial charge in [-0.3, -0.25) is 0 Å². The number of carbonyl (C=O) groups excluding carboxylic acids is 1. The van der Waals surface area contributed by atoms with Gasteiger partial charge in [0.25, 0.3) is 0 Å².